The van der Waals surface area contributed by atoms with Gasteiger partial charge < -0.3 is 4.79 Å². The highest BCUT2D eigenvalue weighted by atomic mass is 35.5. The Balaban J connectivity index is -0.00000288. The minimum Gasteiger partial charge on any atom is -0.303 e. The van der Waals surface area contributed by atoms with E-state index in [2.05, 4.69) is 26.0 Å². The Morgan fingerprint density at radius 2 is 0.926 bits per heavy atom. The summed E-state index contributed by atoms with van der Waals surface area (Å²) in [5.74, 6) is 0.328. The molecule has 0 bridgehead atoms. The van der Waals surface area contributed by atoms with Crippen molar-refractivity contribution < 1.29 is 4.79 Å². The van der Waals surface area contributed by atoms with Gasteiger partial charge >= 0.3 is 0 Å². The molecule has 0 saturated carbocycles. The van der Waals surface area contributed by atoms with Gasteiger partial charge in [0, 0.05) is 5.92 Å². The maximum atomic E-state index is 11.1. The molecule has 0 aliphatic heterocycles. The number of rotatable bonds is 20. The lowest BCUT2D eigenvalue weighted by Gasteiger charge is -2.09. The Kier molecular flexibility index (Phi) is 33.1. The van der Waals surface area contributed by atoms with Crippen LogP contribution in [0.2, 0.25) is 0 Å². The Hall–Kier alpha value is -0.0100. The molecule has 27 heavy (non-hydrogen) atoms. The van der Waals surface area contributed by atoms with Crippen LogP contribution in [-0.2, 0) is 4.79 Å². The zero-order valence-electron chi connectivity index (χ0n) is 18.3. The van der Waals surface area contributed by atoms with Crippen LogP contribution in [0, 0.1) is 5.92 Å². The molecule has 0 saturated heterocycles. The van der Waals surface area contributed by atoms with Crippen molar-refractivity contribution in [2.24, 2.45) is 5.92 Å². The second-order valence-electron chi connectivity index (χ2n) is 7.76. The van der Waals surface area contributed by atoms with Crippen molar-refractivity contribution in [3.8, 4) is 0 Å². The fourth-order valence-corrected chi connectivity index (χ4v) is 3.41. The van der Waals surface area contributed by atoms with E-state index in [1.54, 1.807) is 0 Å². The Labute approximate surface area is 183 Å². The van der Waals surface area contributed by atoms with E-state index in [4.69, 9.17) is 0 Å². The smallest absolute Gasteiger partial charge is 0.123 e. The summed E-state index contributed by atoms with van der Waals surface area (Å²) >= 11 is 0. The highest BCUT2D eigenvalue weighted by molar-refractivity contribution is 5.85. The first-order valence-corrected chi connectivity index (χ1v) is 11.4. The third kappa shape index (κ3) is 26.0. The molecule has 0 N–H and O–H groups in total. The molecule has 0 aromatic heterocycles. The lowest BCUT2D eigenvalue weighted by Crippen LogP contribution is -2.02. The molecule has 0 aliphatic carbocycles. The van der Waals surface area contributed by atoms with Gasteiger partial charge in [-0.25, -0.2) is 0 Å². The first-order valence-electron chi connectivity index (χ1n) is 11.4. The molecular weight excluding hydrogens is 375 g/mol. The molecule has 0 heterocycles. The minimum absolute atomic E-state index is 0. The largest absolute Gasteiger partial charge is 0.303 e. The summed E-state index contributed by atoms with van der Waals surface area (Å²) < 4.78 is 0. The maximum Gasteiger partial charge on any atom is 0.123 e. The van der Waals surface area contributed by atoms with Crippen molar-refractivity contribution in [2.75, 3.05) is 0 Å². The van der Waals surface area contributed by atoms with Crippen LogP contribution in [0.4, 0.5) is 0 Å². The number of aldehydes is 1. The number of unbranched alkanes of at least 4 members (excludes halogenated alkanes) is 13. The van der Waals surface area contributed by atoms with E-state index < -0.39 is 0 Å². The average Bonchev–Trinajstić information content (AvgIpc) is 2.63. The lowest BCUT2D eigenvalue weighted by molar-refractivity contribution is -0.111. The molecule has 3 heteroatoms. The van der Waals surface area contributed by atoms with E-state index in [-0.39, 0.29) is 24.8 Å². The van der Waals surface area contributed by atoms with Gasteiger partial charge in [0.25, 0.3) is 0 Å². The van der Waals surface area contributed by atoms with Crippen LogP contribution in [0.1, 0.15) is 129 Å². The molecule has 1 nitrogen and oxygen atoms in total. The summed E-state index contributed by atoms with van der Waals surface area (Å²) in [6.45, 7) is 4.51. The van der Waals surface area contributed by atoms with Crippen LogP contribution in [0.25, 0.3) is 0 Å². The van der Waals surface area contributed by atoms with Crippen molar-refractivity contribution in [1.82, 2.24) is 0 Å². The van der Waals surface area contributed by atoms with Crippen molar-refractivity contribution in [2.45, 2.75) is 129 Å². The number of carbonyl (C=O) groups is 1. The van der Waals surface area contributed by atoms with Crippen LogP contribution in [0.3, 0.4) is 0 Å². The van der Waals surface area contributed by atoms with Gasteiger partial charge in [-0.3, -0.25) is 0 Å². The zero-order valence-corrected chi connectivity index (χ0v) is 19.9. The van der Waals surface area contributed by atoms with Crippen molar-refractivity contribution >= 4 is 31.1 Å². The van der Waals surface area contributed by atoms with Crippen molar-refractivity contribution in [1.29, 1.82) is 0 Å². The Morgan fingerprint density at radius 3 is 1.37 bits per heavy atom. The number of halogens is 2. The molecule has 0 amide bonds. The van der Waals surface area contributed by atoms with E-state index in [1.165, 1.54) is 109 Å². The molecule has 1 atom stereocenters. The van der Waals surface area contributed by atoms with Crippen LogP contribution in [0.5, 0.6) is 0 Å². The topological polar surface area (TPSA) is 17.1 Å². The summed E-state index contributed by atoms with van der Waals surface area (Å²) in [5.41, 5.74) is 0. The monoisotopic (exact) mass is 422 g/mol. The normalized spacial score (nSPS) is 11.8. The van der Waals surface area contributed by atoms with E-state index >= 15 is 0 Å². The van der Waals surface area contributed by atoms with Crippen LogP contribution in [0.15, 0.2) is 12.2 Å². The predicted molar refractivity (Wildman–Crippen MR) is 128 cm³/mol. The lowest BCUT2D eigenvalue weighted by atomic mass is 9.96. The first-order chi connectivity index (χ1) is 12.3. The van der Waals surface area contributed by atoms with E-state index in [9.17, 15) is 4.79 Å². The fraction of sp³-hybridized carbons (Fsp3) is 0.875. The van der Waals surface area contributed by atoms with Crippen LogP contribution < -0.4 is 0 Å². The second-order valence-corrected chi connectivity index (χ2v) is 7.76. The predicted octanol–water partition coefficient (Wildman–Crippen LogP) is 9.26. The number of carbonyl (C=O) groups excluding carboxylic acids is 1. The van der Waals surface area contributed by atoms with E-state index in [0.29, 0.717) is 5.92 Å². The van der Waals surface area contributed by atoms with Gasteiger partial charge in [0.15, 0.2) is 0 Å². The highest BCUT2D eigenvalue weighted by Gasteiger charge is 2.06. The molecule has 0 radical (unpaired) electrons. The molecule has 0 rings (SSSR count). The van der Waals surface area contributed by atoms with Crippen LogP contribution >= 0.6 is 24.8 Å². The molecule has 0 spiro atoms. The van der Waals surface area contributed by atoms with Crippen molar-refractivity contribution in [3.05, 3.63) is 12.2 Å². The van der Waals surface area contributed by atoms with Gasteiger partial charge in [-0.2, -0.15) is 0 Å². The molecule has 0 aromatic rings. The minimum atomic E-state index is 0. The first kappa shape index (κ1) is 31.7. The van der Waals surface area contributed by atoms with Crippen LogP contribution in [-0.4, -0.2) is 6.29 Å². The quantitative estimate of drug-likeness (QED) is 0.108. The third-order valence-electron chi connectivity index (χ3n) is 5.21. The molecule has 1 unspecified atom stereocenters. The fourth-order valence-electron chi connectivity index (χ4n) is 3.41. The molecule has 164 valence electrons. The molecular formula is C24H48Cl2O. The summed E-state index contributed by atoms with van der Waals surface area (Å²) in [6, 6.07) is 0. The van der Waals surface area contributed by atoms with Gasteiger partial charge in [-0.15, -0.1) is 24.8 Å². The standard InChI is InChI=1S/C24H46O.2ClH/c1-3-5-7-9-10-11-12-13-14-15-16-17-18-20-22-24(23-25)21-19-8-6-4-2;;/h13-14,23-24H,3-12,15-22H2,1-2H3;2*1H. The SMILES string of the molecule is CCCCCCCCC=CCCCCCCC(C=O)CCCCCC.Cl.Cl. The summed E-state index contributed by atoms with van der Waals surface area (Å²) in [6.07, 6.45) is 29.4. The summed E-state index contributed by atoms with van der Waals surface area (Å²) in [7, 11) is 0. The zero-order chi connectivity index (χ0) is 18.4. The maximum absolute atomic E-state index is 11.1. The van der Waals surface area contributed by atoms with Gasteiger partial charge in [0.1, 0.15) is 6.29 Å². The van der Waals surface area contributed by atoms with Gasteiger partial charge in [0.2, 0.25) is 0 Å². The Morgan fingerprint density at radius 1 is 0.556 bits per heavy atom. The van der Waals surface area contributed by atoms with Gasteiger partial charge in [0.05, 0.1) is 0 Å². The second kappa shape index (κ2) is 28.2. The van der Waals surface area contributed by atoms with Crippen molar-refractivity contribution in [3.63, 3.8) is 0 Å². The Bertz CT molecular complexity index is 292. The van der Waals surface area contributed by atoms with Gasteiger partial charge in [-0.1, -0.05) is 103 Å². The molecule has 0 aromatic carbocycles. The van der Waals surface area contributed by atoms with E-state index in [1.807, 2.05) is 0 Å². The molecule has 0 aliphatic rings. The molecule has 0 fully saturated rings. The van der Waals surface area contributed by atoms with Gasteiger partial charge in [-0.05, 0) is 38.5 Å². The summed E-state index contributed by atoms with van der Waals surface area (Å²) in [4.78, 5) is 11.1. The average molecular weight is 424 g/mol. The number of hydrogen-bond acceptors (Lipinski definition) is 1. The number of allylic oxidation sites excluding steroid dienone is 2. The van der Waals surface area contributed by atoms with E-state index in [0.717, 1.165) is 12.8 Å². The highest BCUT2D eigenvalue weighted by Crippen LogP contribution is 2.17. The number of hydrogen-bond donors (Lipinski definition) is 0. The third-order valence-corrected chi connectivity index (χ3v) is 5.21. The summed E-state index contributed by atoms with van der Waals surface area (Å²) in [5, 5.41) is 0.